The van der Waals surface area contributed by atoms with Crippen molar-refractivity contribution in [2.75, 3.05) is 0 Å². The van der Waals surface area contributed by atoms with Crippen LogP contribution in [-0.2, 0) is 0 Å². The van der Waals surface area contributed by atoms with Gasteiger partial charge in [-0.15, -0.1) is 23.2 Å². The molecule has 0 aliphatic heterocycles. The molecule has 1 saturated carbocycles. The van der Waals surface area contributed by atoms with Gasteiger partial charge in [-0.25, -0.2) is 0 Å². The Bertz CT molecular complexity index is 540. The van der Waals surface area contributed by atoms with E-state index < -0.39 is 15.2 Å². The summed E-state index contributed by atoms with van der Waals surface area (Å²) in [7, 11) is 0. The van der Waals surface area contributed by atoms with Crippen molar-refractivity contribution < 1.29 is 9.72 Å². The maximum Gasteiger partial charge on any atom is 0.270 e. The number of hydrogen-bond acceptors (Lipinski definition) is 3. The zero-order valence-corrected chi connectivity index (χ0v) is 11.8. The summed E-state index contributed by atoms with van der Waals surface area (Å²) in [6, 6.07) is 3.59. The van der Waals surface area contributed by atoms with Crippen molar-refractivity contribution in [1.82, 2.24) is 5.32 Å². The van der Waals surface area contributed by atoms with Crippen molar-refractivity contribution in [2.24, 2.45) is 0 Å². The Morgan fingerprint density at radius 1 is 1.42 bits per heavy atom. The van der Waals surface area contributed by atoms with Crippen LogP contribution in [0.2, 0.25) is 5.02 Å². The zero-order chi connectivity index (χ0) is 14.2. The number of benzene rings is 1. The molecule has 0 saturated heterocycles. The first-order chi connectivity index (χ1) is 8.78. The van der Waals surface area contributed by atoms with Gasteiger partial charge in [0, 0.05) is 31.0 Å². The summed E-state index contributed by atoms with van der Waals surface area (Å²) < 4.78 is -0.781. The fourth-order valence-corrected chi connectivity index (χ4v) is 2.83. The molecule has 19 heavy (non-hydrogen) atoms. The fraction of sp³-hybridized carbons (Fsp3) is 0.364. The summed E-state index contributed by atoms with van der Waals surface area (Å²) in [5.74, 6) is -0.395. The Balaban J connectivity index is 2.06. The van der Waals surface area contributed by atoms with Crippen LogP contribution in [0, 0.1) is 10.1 Å². The Morgan fingerprint density at radius 2 is 2.05 bits per heavy atom. The summed E-state index contributed by atoms with van der Waals surface area (Å²) in [6.45, 7) is 0. The van der Waals surface area contributed by atoms with E-state index in [-0.39, 0.29) is 22.3 Å². The number of hydrogen-bond donors (Lipinski definition) is 1. The molecule has 1 aliphatic carbocycles. The molecule has 0 bridgehead atoms. The Kier molecular flexibility index (Phi) is 3.90. The Morgan fingerprint density at radius 3 is 2.53 bits per heavy atom. The number of carbonyl (C=O) groups excluding carboxylic acids is 1. The molecular formula is C11H9Cl3N2O3. The number of nitro benzene ring substituents is 1. The number of alkyl halides is 2. The lowest BCUT2D eigenvalue weighted by molar-refractivity contribution is -0.384. The number of carbonyl (C=O) groups is 1. The molecule has 0 radical (unpaired) electrons. The van der Waals surface area contributed by atoms with Gasteiger partial charge < -0.3 is 5.32 Å². The van der Waals surface area contributed by atoms with Crippen LogP contribution in [0.1, 0.15) is 23.2 Å². The molecule has 1 amide bonds. The Labute approximate surface area is 124 Å². The number of halogens is 3. The highest BCUT2D eigenvalue weighted by molar-refractivity contribution is 6.49. The van der Waals surface area contributed by atoms with Gasteiger partial charge in [0.1, 0.15) is 4.33 Å². The molecule has 5 nitrogen and oxygen atoms in total. The topological polar surface area (TPSA) is 72.2 Å². The van der Waals surface area contributed by atoms with Crippen molar-refractivity contribution in [1.29, 1.82) is 0 Å². The maximum absolute atomic E-state index is 11.9. The van der Waals surface area contributed by atoms with Crippen LogP contribution in [0.15, 0.2) is 18.2 Å². The van der Waals surface area contributed by atoms with E-state index >= 15 is 0 Å². The minimum Gasteiger partial charge on any atom is -0.349 e. The third kappa shape index (κ3) is 3.29. The third-order valence-corrected chi connectivity index (χ3v) is 3.76. The predicted molar refractivity (Wildman–Crippen MR) is 73.0 cm³/mol. The van der Waals surface area contributed by atoms with Gasteiger partial charge in [0.2, 0.25) is 0 Å². The monoisotopic (exact) mass is 322 g/mol. The Hall–Kier alpha value is -1.04. The maximum atomic E-state index is 11.9. The molecule has 1 aliphatic rings. The van der Waals surface area contributed by atoms with Crippen LogP contribution in [0.3, 0.4) is 0 Å². The van der Waals surface area contributed by atoms with Gasteiger partial charge >= 0.3 is 0 Å². The van der Waals surface area contributed by atoms with Crippen molar-refractivity contribution in [2.45, 2.75) is 23.2 Å². The lowest BCUT2D eigenvalue weighted by atomic mass is 9.91. The minimum atomic E-state index is -0.781. The molecular weight excluding hydrogens is 314 g/mol. The molecule has 1 aromatic carbocycles. The predicted octanol–water partition coefficient (Wildman–Crippen LogP) is 3.31. The van der Waals surface area contributed by atoms with E-state index in [0.717, 1.165) is 6.07 Å². The molecule has 0 spiro atoms. The van der Waals surface area contributed by atoms with E-state index in [4.69, 9.17) is 34.8 Å². The van der Waals surface area contributed by atoms with Gasteiger partial charge in [0.05, 0.1) is 15.5 Å². The normalized spacial score (nSPS) is 17.6. The number of nitrogens with zero attached hydrogens (tertiary/aromatic N) is 1. The largest absolute Gasteiger partial charge is 0.349 e. The van der Waals surface area contributed by atoms with Crippen LogP contribution in [0.5, 0.6) is 0 Å². The highest BCUT2D eigenvalue weighted by atomic mass is 35.5. The van der Waals surface area contributed by atoms with Crippen molar-refractivity contribution in [3.63, 3.8) is 0 Å². The van der Waals surface area contributed by atoms with E-state index in [1.807, 2.05) is 0 Å². The third-order valence-electron chi connectivity index (χ3n) is 2.83. The lowest BCUT2D eigenvalue weighted by Crippen LogP contribution is -2.49. The van der Waals surface area contributed by atoms with E-state index in [1.165, 1.54) is 12.1 Å². The molecule has 1 fully saturated rings. The van der Waals surface area contributed by atoms with Crippen molar-refractivity contribution in [3.05, 3.63) is 38.9 Å². The first kappa shape index (κ1) is 14.4. The number of amides is 1. The van der Waals surface area contributed by atoms with Gasteiger partial charge in [0.25, 0.3) is 11.6 Å². The molecule has 0 aromatic heterocycles. The molecule has 0 unspecified atom stereocenters. The van der Waals surface area contributed by atoms with E-state index in [9.17, 15) is 14.9 Å². The first-order valence-electron chi connectivity index (χ1n) is 5.41. The number of rotatable bonds is 3. The van der Waals surface area contributed by atoms with E-state index in [0.29, 0.717) is 12.8 Å². The number of non-ortho nitro benzene ring substituents is 1. The second-order valence-corrected chi connectivity index (χ2v) is 6.40. The van der Waals surface area contributed by atoms with Gasteiger partial charge in [-0.3, -0.25) is 14.9 Å². The second-order valence-electron chi connectivity index (χ2n) is 4.36. The second kappa shape index (κ2) is 5.15. The molecule has 1 N–H and O–H groups in total. The van der Waals surface area contributed by atoms with Crippen molar-refractivity contribution in [3.8, 4) is 0 Å². The average Bonchev–Trinajstić information content (AvgIpc) is 2.25. The lowest BCUT2D eigenvalue weighted by Gasteiger charge is -2.38. The number of nitrogens with one attached hydrogen (secondary N) is 1. The summed E-state index contributed by atoms with van der Waals surface area (Å²) in [5, 5.41) is 13.3. The molecule has 0 atom stereocenters. The number of nitro groups is 1. The van der Waals surface area contributed by atoms with Crippen LogP contribution >= 0.6 is 34.8 Å². The highest BCUT2D eigenvalue weighted by Crippen LogP contribution is 2.42. The highest BCUT2D eigenvalue weighted by Gasteiger charge is 2.41. The van der Waals surface area contributed by atoms with Gasteiger partial charge in [-0.05, 0) is 6.07 Å². The minimum absolute atomic E-state index is 0.0361. The van der Waals surface area contributed by atoms with Crippen molar-refractivity contribution >= 4 is 46.4 Å². The molecule has 8 heteroatoms. The zero-order valence-electron chi connectivity index (χ0n) is 9.53. The van der Waals surface area contributed by atoms with Gasteiger partial charge in [-0.1, -0.05) is 11.6 Å². The van der Waals surface area contributed by atoms with Crippen LogP contribution in [0.4, 0.5) is 5.69 Å². The molecule has 2 rings (SSSR count). The summed E-state index contributed by atoms with van der Waals surface area (Å²) in [5.41, 5.74) is 0.0274. The quantitative estimate of drug-likeness (QED) is 0.527. The molecule has 102 valence electrons. The van der Waals surface area contributed by atoms with Gasteiger partial charge in [0.15, 0.2) is 0 Å². The standard InChI is InChI=1S/C11H9Cl3N2O3/c12-9-3-7(16(18)19)1-2-8(9)10(17)15-6-4-11(13,14)5-6/h1-3,6H,4-5H2,(H,15,17). The SMILES string of the molecule is O=C(NC1CC(Cl)(Cl)C1)c1ccc([N+](=O)[O-])cc1Cl. The summed E-state index contributed by atoms with van der Waals surface area (Å²) in [4.78, 5) is 21.9. The van der Waals surface area contributed by atoms with E-state index in [2.05, 4.69) is 5.32 Å². The fourth-order valence-electron chi connectivity index (χ4n) is 1.83. The summed E-state index contributed by atoms with van der Waals surface area (Å²) >= 11 is 17.5. The smallest absolute Gasteiger partial charge is 0.270 e. The van der Waals surface area contributed by atoms with E-state index in [1.54, 1.807) is 0 Å². The van der Waals surface area contributed by atoms with Crippen LogP contribution in [-0.4, -0.2) is 21.2 Å². The average molecular weight is 324 g/mol. The molecule has 0 heterocycles. The van der Waals surface area contributed by atoms with Crippen LogP contribution in [0.25, 0.3) is 0 Å². The first-order valence-corrected chi connectivity index (χ1v) is 6.54. The molecule has 1 aromatic rings. The van der Waals surface area contributed by atoms with Gasteiger partial charge in [-0.2, -0.15) is 0 Å². The summed E-state index contributed by atoms with van der Waals surface area (Å²) in [6.07, 6.45) is 0.929. The van der Waals surface area contributed by atoms with Crippen LogP contribution < -0.4 is 5.32 Å².